The van der Waals surface area contributed by atoms with Gasteiger partial charge in [0.15, 0.2) is 0 Å². The van der Waals surface area contributed by atoms with Gasteiger partial charge in [0, 0.05) is 11.3 Å². The van der Waals surface area contributed by atoms with Gasteiger partial charge in [-0.25, -0.2) is 9.59 Å². The molecule has 1 aromatic carbocycles. The van der Waals surface area contributed by atoms with Crippen molar-refractivity contribution in [2.45, 2.75) is 30.9 Å². The molecule has 28 heavy (non-hydrogen) atoms. The Balaban J connectivity index is 1.91. The number of amides is 1. The molecule has 1 aliphatic rings. The van der Waals surface area contributed by atoms with Crippen LogP contribution < -0.4 is 5.32 Å². The number of hydrogen-bond acceptors (Lipinski definition) is 7. The smallest absolute Gasteiger partial charge is 0.437 e. The van der Waals surface area contributed by atoms with Crippen molar-refractivity contribution in [2.75, 3.05) is 18.7 Å². The molecule has 8 heteroatoms. The highest BCUT2D eigenvalue weighted by Crippen LogP contribution is 2.45. The third-order valence-electron chi connectivity index (χ3n) is 4.38. The van der Waals surface area contributed by atoms with E-state index in [4.69, 9.17) is 9.57 Å². The second-order valence-electron chi connectivity index (χ2n) is 7.19. The summed E-state index contributed by atoms with van der Waals surface area (Å²) in [7, 11) is 1.38. The minimum atomic E-state index is -0.655. The Morgan fingerprint density at radius 2 is 1.93 bits per heavy atom. The van der Waals surface area contributed by atoms with Gasteiger partial charge in [-0.05, 0) is 42.2 Å². The maximum atomic E-state index is 12.2. The number of nitrogens with one attached hydrogen (secondary N) is 1. The monoisotopic (exact) mass is 418 g/mol. The van der Waals surface area contributed by atoms with Crippen molar-refractivity contribution in [3.8, 4) is 0 Å². The molecule has 0 unspecified atom stereocenters. The third kappa shape index (κ3) is 4.39. The number of carbonyl (C=O) groups excluding carboxylic acids is 2. The van der Waals surface area contributed by atoms with E-state index in [1.54, 1.807) is 23.9 Å². The number of para-hydroxylation sites is 1. The topological polar surface area (TPSA) is 77.0 Å². The third-order valence-corrected chi connectivity index (χ3v) is 6.71. The highest BCUT2D eigenvalue weighted by atomic mass is 32.2. The van der Waals surface area contributed by atoms with Crippen molar-refractivity contribution in [3.63, 3.8) is 0 Å². The van der Waals surface area contributed by atoms with Crippen molar-refractivity contribution in [3.05, 3.63) is 46.3 Å². The van der Waals surface area contributed by atoms with Crippen LogP contribution in [0.1, 0.15) is 41.1 Å². The van der Waals surface area contributed by atoms with Gasteiger partial charge in [0.2, 0.25) is 0 Å². The van der Waals surface area contributed by atoms with Gasteiger partial charge in [0.05, 0.1) is 17.0 Å². The van der Waals surface area contributed by atoms with Crippen molar-refractivity contribution >= 4 is 46.6 Å². The molecule has 0 saturated carbocycles. The molecule has 1 heterocycles. The molecule has 3 rings (SSSR count). The molecule has 1 amide bonds. The molecule has 0 radical (unpaired) electrons. The van der Waals surface area contributed by atoms with Gasteiger partial charge in [-0.1, -0.05) is 37.2 Å². The number of hydrogen-bond donors (Lipinski definition) is 1. The summed E-state index contributed by atoms with van der Waals surface area (Å²) >= 11 is 2.95. The van der Waals surface area contributed by atoms with Crippen LogP contribution in [0.2, 0.25) is 0 Å². The highest BCUT2D eigenvalue weighted by molar-refractivity contribution is 8.00. The molecule has 0 bridgehead atoms. The van der Waals surface area contributed by atoms with Crippen molar-refractivity contribution in [1.82, 2.24) is 0 Å². The molecular weight excluding hydrogens is 396 g/mol. The number of thiophene rings is 1. The molecule has 6 nitrogen and oxygen atoms in total. The number of ether oxygens (including phenoxy) is 1. The van der Waals surface area contributed by atoms with Crippen LogP contribution in [-0.4, -0.2) is 31.1 Å². The van der Waals surface area contributed by atoms with Crippen LogP contribution in [-0.2, 0) is 16.0 Å². The van der Waals surface area contributed by atoms with E-state index >= 15 is 0 Å². The fourth-order valence-corrected chi connectivity index (χ4v) is 5.24. The Morgan fingerprint density at radius 1 is 1.21 bits per heavy atom. The number of carbonyl (C=O) groups is 2. The standard InChI is InChI=1S/C20H22N2O4S2/c1-20(2)10-13-15(18(27-4)28-16(13)17(23)25-3)14(11-20)22-26-19(24)21-12-8-6-5-7-9-12/h5-9H,10-11H2,1-4H3,(H,21,24)/b22-14-. The van der Waals surface area contributed by atoms with E-state index in [-0.39, 0.29) is 11.4 Å². The average molecular weight is 419 g/mol. The van der Waals surface area contributed by atoms with Crippen molar-refractivity contribution in [1.29, 1.82) is 0 Å². The van der Waals surface area contributed by atoms with Crippen LogP contribution >= 0.6 is 23.1 Å². The molecule has 0 aliphatic heterocycles. The summed E-state index contributed by atoms with van der Waals surface area (Å²) in [6.07, 6.45) is 2.67. The first-order valence-corrected chi connectivity index (χ1v) is 10.8. The number of methoxy groups -OCH3 is 1. The molecule has 1 aliphatic carbocycles. The van der Waals surface area contributed by atoms with Crippen LogP contribution in [0.15, 0.2) is 39.7 Å². The van der Waals surface area contributed by atoms with E-state index in [2.05, 4.69) is 24.3 Å². The summed E-state index contributed by atoms with van der Waals surface area (Å²) < 4.78 is 5.92. The van der Waals surface area contributed by atoms with E-state index in [9.17, 15) is 9.59 Å². The fourth-order valence-electron chi connectivity index (χ4n) is 3.22. The summed E-state index contributed by atoms with van der Waals surface area (Å²) in [4.78, 5) is 30.1. The Hall–Kier alpha value is -2.32. The zero-order valence-electron chi connectivity index (χ0n) is 16.2. The van der Waals surface area contributed by atoms with Crippen LogP contribution in [0.3, 0.4) is 0 Å². The second kappa shape index (κ2) is 8.36. The maximum Gasteiger partial charge on any atom is 0.437 e. The number of thioether (sulfide) groups is 1. The van der Waals surface area contributed by atoms with E-state index < -0.39 is 6.09 Å². The molecule has 1 aromatic heterocycles. The van der Waals surface area contributed by atoms with Crippen molar-refractivity contribution in [2.24, 2.45) is 10.6 Å². The van der Waals surface area contributed by atoms with Crippen molar-refractivity contribution < 1.29 is 19.2 Å². The Bertz CT molecular complexity index is 920. The lowest BCUT2D eigenvalue weighted by Crippen LogP contribution is -2.28. The predicted octanol–water partition coefficient (Wildman–Crippen LogP) is 5.18. The molecular formula is C20H22N2O4S2. The maximum absolute atomic E-state index is 12.2. The van der Waals surface area contributed by atoms with E-state index in [1.807, 2.05) is 24.5 Å². The number of fused-ring (bicyclic) bond motifs is 1. The largest absolute Gasteiger partial charge is 0.465 e. The lowest BCUT2D eigenvalue weighted by Gasteiger charge is -2.31. The fraction of sp³-hybridized carbons (Fsp3) is 0.350. The van der Waals surface area contributed by atoms with Crippen LogP contribution in [0.25, 0.3) is 0 Å². The molecule has 148 valence electrons. The van der Waals surface area contributed by atoms with Gasteiger partial charge in [-0.3, -0.25) is 10.2 Å². The molecule has 0 fully saturated rings. The number of esters is 1. The first-order chi connectivity index (χ1) is 13.3. The number of anilines is 1. The van der Waals surface area contributed by atoms with Gasteiger partial charge in [0.1, 0.15) is 4.88 Å². The van der Waals surface area contributed by atoms with E-state index in [1.165, 1.54) is 18.4 Å². The van der Waals surface area contributed by atoms with Crippen LogP contribution in [0.5, 0.6) is 0 Å². The number of benzene rings is 1. The van der Waals surface area contributed by atoms with Gasteiger partial charge in [-0.15, -0.1) is 23.1 Å². The molecule has 1 N–H and O–H groups in total. The lowest BCUT2D eigenvalue weighted by molar-refractivity contribution is 0.0604. The zero-order valence-corrected chi connectivity index (χ0v) is 17.8. The van der Waals surface area contributed by atoms with E-state index in [0.29, 0.717) is 22.7 Å². The quantitative estimate of drug-likeness (QED) is 0.320. The van der Waals surface area contributed by atoms with Crippen LogP contribution in [0, 0.1) is 5.41 Å². The summed E-state index contributed by atoms with van der Waals surface area (Å²) in [5.74, 6) is -0.346. The number of nitrogens with zero attached hydrogens (tertiary/aromatic N) is 1. The van der Waals surface area contributed by atoms with Gasteiger partial charge in [-0.2, -0.15) is 0 Å². The minimum Gasteiger partial charge on any atom is -0.465 e. The lowest BCUT2D eigenvalue weighted by atomic mass is 9.74. The SMILES string of the molecule is COC(=O)c1sc(SC)c2c1CC(C)(C)C/C2=N/OC(=O)Nc1ccccc1. The molecule has 0 spiro atoms. The Kier molecular flexibility index (Phi) is 6.10. The number of rotatable bonds is 4. The predicted molar refractivity (Wildman–Crippen MR) is 113 cm³/mol. The normalized spacial score (nSPS) is 16.4. The highest BCUT2D eigenvalue weighted by Gasteiger charge is 2.37. The van der Waals surface area contributed by atoms with Gasteiger partial charge >= 0.3 is 12.1 Å². The summed E-state index contributed by atoms with van der Waals surface area (Å²) in [5, 5.41) is 6.81. The summed E-state index contributed by atoms with van der Waals surface area (Å²) in [6.45, 7) is 4.21. The molecule has 0 saturated heterocycles. The first-order valence-electron chi connectivity index (χ1n) is 8.73. The summed E-state index contributed by atoms with van der Waals surface area (Å²) in [6, 6.07) is 9.04. The minimum absolute atomic E-state index is 0.120. The zero-order chi connectivity index (χ0) is 20.3. The summed E-state index contributed by atoms with van der Waals surface area (Å²) in [5.41, 5.74) is 2.99. The molecule has 0 atom stereocenters. The Labute approximate surface area is 172 Å². The van der Waals surface area contributed by atoms with Gasteiger partial charge in [0.25, 0.3) is 0 Å². The second-order valence-corrected chi connectivity index (χ2v) is 9.29. The van der Waals surface area contributed by atoms with E-state index in [0.717, 1.165) is 21.8 Å². The number of oxime groups is 1. The van der Waals surface area contributed by atoms with Crippen LogP contribution in [0.4, 0.5) is 10.5 Å². The average Bonchev–Trinajstić information content (AvgIpc) is 3.03. The van der Waals surface area contributed by atoms with Gasteiger partial charge < -0.3 is 4.74 Å². The Morgan fingerprint density at radius 3 is 2.57 bits per heavy atom. The molecule has 2 aromatic rings. The first kappa shape index (κ1) is 20.4.